The summed E-state index contributed by atoms with van der Waals surface area (Å²) in [6.45, 7) is -0.131. The highest BCUT2D eigenvalue weighted by Gasteiger charge is 2.35. The van der Waals surface area contributed by atoms with Crippen molar-refractivity contribution in [2.24, 2.45) is 5.73 Å². The Kier molecular flexibility index (Phi) is 2.80. The zero-order valence-corrected chi connectivity index (χ0v) is 6.05. The smallest absolute Gasteiger partial charge is 0.110 e. The molecule has 0 unspecified atom stereocenters. The summed E-state index contributed by atoms with van der Waals surface area (Å²) in [7, 11) is 0. The van der Waals surface area contributed by atoms with E-state index >= 15 is 0 Å². The second kappa shape index (κ2) is 3.46. The average molecular weight is 163 g/mol. The Hall–Kier alpha value is -0.200. The maximum absolute atomic E-state index is 9.19. The fourth-order valence-corrected chi connectivity index (χ4v) is 1.07. The molecule has 5 N–H and O–H groups in total. The molecular weight excluding hydrogens is 150 g/mol. The summed E-state index contributed by atoms with van der Waals surface area (Å²) in [5, 5.41) is 27.0. The van der Waals surface area contributed by atoms with Crippen molar-refractivity contribution in [2.75, 3.05) is 13.2 Å². The lowest BCUT2D eigenvalue weighted by atomic mass is 9.99. The topological polar surface area (TPSA) is 95.9 Å². The lowest BCUT2D eigenvalue weighted by Crippen LogP contribution is -2.57. The molecule has 11 heavy (non-hydrogen) atoms. The van der Waals surface area contributed by atoms with Gasteiger partial charge < -0.3 is 25.8 Å². The molecule has 1 heterocycles. The second-order valence-electron chi connectivity index (χ2n) is 2.70. The van der Waals surface area contributed by atoms with Crippen LogP contribution in [0.3, 0.4) is 0 Å². The molecule has 5 heteroatoms. The molecular formula is C6H13NO4. The molecule has 1 aliphatic rings. The Balaban J connectivity index is 2.52. The van der Waals surface area contributed by atoms with Crippen LogP contribution in [0.15, 0.2) is 0 Å². The predicted octanol–water partition coefficient (Wildman–Crippen LogP) is -2.57. The lowest BCUT2D eigenvalue weighted by molar-refractivity contribution is -0.156. The van der Waals surface area contributed by atoms with Crippen molar-refractivity contribution < 1.29 is 20.1 Å². The Labute approximate surface area is 64.4 Å². The average Bonchev–Trinajstić information content (AvgIpc) is 2.01. The molecule has 0 bridgehead atoms. The summed E-state index contributed by atoms with van der Waals surface area (Å²) in [5.41, 5.74) is 5.37. The van der Waals surface area contributed by atoms with Crippen LogP contribution in [0.4, 0.5) is 0 Å². The van der Waals surface area contributed by atoms with Gasteiger partial charge in [0.2, 0.25) is 0 Å². The van der Waals surface area contributed by atoms with Crippen molar-refractivity contribution in [3.63, 3.8) is 0 Å². The van der Waals surface area contributed by atoms with Gasteiger partial charge in [0.25, 0.3) is 0 Å². The van der Waals surface area contributed by atoms with Crippen LogP contribution < -0.4 is 5.73 Å². The highest BCUT2D eigenvalue weighted by molar-refractivity contribution is 4.88. The van der Waals surface area contributed by atoms with Crippen LogP contribution in [0.5, 0.6) is 0 Å². The molecule has 1 aliphatic heterocycles. The van der Waals surface area contributed by atoms with Gasteiger partial charge in [-0.2, -0.15) is 0 Å². The van der Waals surface area contributed by atoms with Crippen LogP contribution >= 0.6 is 0 Å². The molecule has 1 saturated heterocycles. The van der Waals surface area contributed by atoms with Gasteiger partial charge in [0.15, 0.2) is 0 Å². The van der Waals surface area contributed by atoms with Crippen LogP contribution in [0.1, 0.15) is 0 Å². The second-order valence-corrected chi connectivity index (χ2v) is 2.70. The number of nitrogens with two attached hydrogens (primary N) is 1. The van der Waals surface area contributed by atoms with Crippen molar-refractivity contribution in [1.29, 1.82) is 0 Å². The number of hydrogen-bond acceptors (Lipinski definition) is 5. The SMILES string of the molecule is N[C@@H]1CO[C@H](CO)[C@@H](O)[C@@H]1O. The van der Waals surface area contributed by atoms with Gasteiger partial charge in [-0.1, -0.05) is 0 Å². The summed E-state index contributed by atoms with van der Waals surface area (Å²) >= 11 is 0. The third kappa shape index (κ3) is 1.69. The molecule has 1 fully saturated rings. The Morgan fingerprint density at radius 2 is 2.00 bits per heavy atom. The standard InChI is InChI=1S/C6H13NO4/c7-3-2-11-4(1-8)6(10)5(3)9/h3-6,8-10H,1-2,7H2/t3-,4-,5-,6-/m1/s1. The van der Waals surface area contributed by atoms with Crippen LogP contribution in [-0.2, 0) is 4.74 Å². The van der Waals surface area contributed by atoms with Gasteiger partial charge in [0.05, 0.1) is 25.4 Å². The maximum atomic E-state index is 9.19. The minimum absolute atomic E-state index is 0.170. The summed E-state index contributed by atoms with van der Waals surface area (Å²) < 4.78 is 4.94. The first-order valence-corrected chi connectivity index (χ1v) is 3.51. The molecule has 5 nitrogen and oxygen atoms in total. The fourth-order valence-electron chi connectivity index (χ4n) is 1.07. The molecule has 4 atom stereocenters. The first kappa shape index (κ1) is 8.89. The first-order chi connectivity index (χ1) is 5.16. The number of aliphatic hydroxyl groups excluding tert-OH is 3. The molecule has 0 aromatic rings. The van der Waals surface area contributed by atoms with Crippen molar-refractivity contribution in [2.45, 2.75) is 24.4 Å². The van der Waals surface area contributed by atoms with Crippen LogP contribution in [0, 0.1) is 0 Å². The third-order valence-corrected chi connectivity index (χ3v) is 1.85. The molecule has 0 radical (unpaired) electrons. The maximum Gasteiger partial charge on any atom is 0.110 e. The highest BCUT2D eigenvalue weighted by Crippen LogP contribution is 2.13. The van der Waals surface area contributed by atoms with Gasteiger partial charge in [-0.25, -0.2) is 0 Å². The van der Waals surface area contributed by atoms with E-state index in [1.165, 1.54) is 0 Å². The van der Waals surface area contributed by atoms with Gasteiger partial charge in [-0.15, -0.1) is 0 Å². The van der Waals surface area contributed by atoms with Crippen LogP contribution in [-0.4, -0.2) is 52.9 Å². The zero-order chi connectivity index (χ0) is 8.43. The fraction of sp³-hybridized carbons (Fsp3) is 1.00. The van der Waals surface area contributed by atoms with E-state index in [1.807, 2.05) is 0 Å². The summed E-state index contributed by atoms with van der Waals surface area (Å²) in [6.07, 6.45) is -2.78. The molecule has 0 aromatic carbocycles. The number of hydrogen-bond donors (Lipinski definition) is 4. The van der Waals surface area contributed by atoms with Gasteiger partial charge >= 0.3 is 0 Å². The van der Waals surface area contributed by atoms with Crippen molar-refractivity contribution in [3.8, 4) is 0 Å². The zero-order valence-electron chi connectivity index (χ0n) is 6.05. The normalized spacial score (nSPS) is 45.8. The molecule has 0 aromatic heterocycles. The molecule has 0 saturated carbocycles. The molecule has 0 amide bonds. The van der Waals surface area contributed by atoms with Gasteiger partial charge in [-0.05, 0) is 0 Å². The Bertz CT molecular complexity index is 130. The minimum Gasteiger partial charge on any atom is -0.394 e. The van der Waals surface area contributed by atoms with E-state index in [0.29, 0.717) is 0 Å². The lowest BCUT2D eigenvalue weighted by Gasteiger charge is -2.34. The largest absolute Gasteiger partial charge is 0.394 e. The van der Waals surface area contributed by atoms with Crippen molar-refractivity contribution in [1.82, 2.24) is 0 Å². The number of rotatable bonds is 1. The highest BCUT2D eigenvalue weighted by atomic mass is 16.5. The summed E-state index contributed by atoms with van der Waals surface area (Å²) in [5.74, 6) is 0. The minimum atomic E-state index is -1.08. The van der Waals surface area contributed by atoms with Gasteiger partial charge in [0, 0.05) is 0 Å². The van der Waals surface area contributed by atoms with Gasteiger partial charge in [0.1, 0.15) is 12.2 Å². The van der Waals surface area contributed by atoms with E-state index in [-0.39, 0.29) is 13.2 Å². The summed E-state index contributed by atoms with van der Waals surface area (Å²) in [6, 6.07) is -0.562. The third-order valence-electron chi connectivity index (χ3n) is 1.85. The molecule has 66 valence electrons. The van der Waals surface area contributed by atoms with E-state index in [0.717, 1.165) is 0 Å². The van der Waals surface area contributed by atoms with Crippen LogP contribution in [0.25, 0.3) is 0 Å². The Morgan fingerprint density at radius 1 is 1.36 bits per heavy atom. The predicted molar refractivity (Wildman–Crippen MR) is 36.8 cm³/mol. The van der Waals surface area contributed by atoms with E-state index in [9.17, 15) is 10.2 Å². The van der Waals surface area contributed by atoms with Gasteiger partial charge in [-0.3, -0.25) is 0 Å². The van der Waals surface area contributed by atoms with E-state index in [2.05, 4.69) is 0 Å². The quantitative estimate of drug-likeness (QED) is 0.340. The van der Waals surface area contributed by atoms with E-state index in [1.54, 1.807) is 0 Å². The van der Waals surface area contributed by atoms with E-state index < -0.39 is 24.4 Å². The Morgan fingerprint density at radius 3 is 2.55 bits per heavy atom. The number of aliphatic hydroxyl groups is 3. The monoisotopic (exact) mass is 163 g/mol. The number of ether oxygens (including phenoxy) is 1. The molecule has 0 aliphatic carbocycles. The molecule has 1 rings (SSSR count). The summed E-state index contributed by atoms with van der Waals surface area (Å²) in [4.78, 5) is 0. The first-order valence-electron chi connectivity index (χ1n) is 3.51. The van der Waals surface area contributed by atoms with Crippen LogP contribution in [0.2, 0.25) is 0 Å². The van der Waals surface area contributed by atoms with Crippen molar-refractivity contribution in [3.05, 3.63) is 0 Å². The molecule has 0 spiro atoms. The van der Waals surface area contributed by atoms with Crippen molar-refractivity contribution >= 4 is 0 Å². The van der Waals surface area contributed by atoms with E-state index in [4.69, 9.17) is 15.6 Å².